The molecule has 4 nitrogen and oxygen atoms in total. The lowest BCUT2D eigenvalue weighted by Crippen LogP contribution is -2.35. The van der Waals surface area contributed by atoms with Gasteiger partial charge in [0.1, 0.15) is 0 Å². The van der Waals surface area contributed by atoms with Crippen molar-refractivity contribution in [2.45, 2.75) is 31.8 Å². The zero-order chi connectivity index (χ0) is 14.2. The third kappa shape index (κ3) is 2.72. The van der Waals surface area contributed by atoms with Gasteiger partial charge in [0, 0.05) is 36.8 Å². The van der Waals surface area contributed by atoms with E-state index in [4.69, 9.17) is 21.1 Å². The largest absolute Gasteiger partial charge is 0.454 e. The standard InChI is InChI=1S/C16H21ClN2O2/c17-14-8-16-15(20-11-21-16)7-12(14)9-18-6-3-13(10-18)19-4-1-2-5-19/h7-8,13H,1-6,9-11H2/t13-/m0/s1. The van der Waals surface area contributed by atoms with Crippen LogP contribution in [0.3, 0.4) is 0 Å². The normalized spacial score (nSPS) is 25.9. The van der Waals surface area contributed by atoms with Crippen LogP contribution in [0.25, 0.3) is 0 Å². The molecule has 21 heavy (non-hydrogen) atoms. The Morgan fingerprint density at radius 2 is 1.86 bits per heavy atom. The Kier molecular flexibility index (Phi) is 3.69. The van der Waals surface area contributed by atoms with Gasteiger partial charge >= 0.3 is 0 Å². The number of hydrogen-bond donors (Lipinski definition) is 0. The van der Waals surface area contributed by atoms with Crippen LogP contribution in [0.4, 0.5) is 0 Å². The van der Waals surface area contributed by atoms with Gasteiger partial charge in [-0.1, -0.05) is 11.6 Å². The summed E-state index contributed by atoms with van der Waals surface area (Å²) in [6.07, 6.45) is 4.01. The molecule has 0 radical (unpaired) electrons. The maximum Gasteiger partial charge on any atom is 0.231 e. The molecule has 0 spiro atoms. The molecule has 0 aliphatic carbocycles. The summed E-state index contributed by atoms with van der Waals surface area (Å²) in [4.78, 5) is 5.16. The van der Waals surface area contributed by atoms with Crippen molar-refractivity contribution in [1.29, 1.82) is 0 Å². The molecule has 3 heterocycles. The molecule has 1 atom stereocenters. The highest BCUT2D eigenvalue weighted by Crippen LogP contribution is 2.37. The summed E-state index contributed by atoms with van der Waals surface area (Å²) in [7, 11) is 0. The average Bonchev–Trinajstić information content (AvgIpc) is 3.18. The van der Waals surface area contributed by atoms with Gasteiger partial charge in [-0.15, -0.1) is 0 Å². The van der Waals surface area contributed by atoms with Gasteiger partial charge in [-0.05, 0) is 44.0 Å². The van der Waals surface area contributed by atoms with Crippen molar-refractivity contribution in [1.82, 2.24) is 9.80 Å². The molecule has 4 rings (SSSR count). The van der Waals surface area contributed by atoms with E-state index in [2.05, 4.69) is 9.80 Å². The van der Waals surface area contributed by atoms with Crippen molar-refractivity contribution in [3.63, 3.8) is 0 Å². The van der Waals surface area contributed by atoms with Gasteiger partial charge in [-0.25, -0.2) is 0 Å². The molecule has 0 aromatic heterocycles. The van der Waals surface area contributed by atoms with Gasteiger partial charge in [0.15, 0.2) is 11.5 Å². The van der Waals surface area contributed by atoms with E-state index in [1.54, 1.807) is 0 Å². The van der Waals surface area contributed by atoms with Crippen LogP contribution in [0.5, 0.6) is 11.5 Å². The van der Waals surface area contributed by atoms with Gasteiger partial charge in [0.2, 0.25) is 6.79 Å². The van der Waals surface area contributed by atoms with Gasteiger partial charge in [0.05, 0.1) is 0 Å². The van der Waals surface area contributed by atoms with Crippen molar-refractivity contribution in [3.8, 4) is 11.5 Å². The van der Waals surface area contributed by atoms with E-state index in [1.165, 1.54) is 32.4 Å². The van der Waals surface area contributed by atoms with E-state index < -0.39 is 0 Å². The first kappa shape index (κ1) is 13.7. The Morgan fingerprint density at radius 3 is 2.67 bits per heavy atom. The van der Waals surface area contributed by atoms with Gasteiger partial charge in [-0.2, -0.15) is 0 Å². The molecule has 0 bridgehead atoms. The molecule has 0 N–H and O–H groups in total. The summed E-state index contributed by atoms with van der Waals surface area (Å²) in [5.41, 5.74) is 1.14. The molecular weight excluding hydrogens is 288 g/mol. The monoisotopic (exact) mass is 308 g/mol. The lowest BCUT2D eigenvalue weighted by atomic mass is 10.2. The fourth-order valence-electron chi connectivity index (χ4n) is 3.68. The van der Waals surface area contributed by atoms with E-state index in [9.17, 15) is 0 Å². The van der Waals surface area contributed by atoms with Crippen LogP contribution in [-0.4, -0.2) is 48.8 Å². The van der Waals surface area contributed by atoms with Crippen LogP contribution in [0.2, 0.25) is 5.02 Å². The minimum Gasteiger partial charge on any atom is -0.454 e. The first-order chi connectivity index (χ1) is 10.3. The highest BCUT2D eigenvalue weighted by atomic mass is 35.5. The SMILES string of the molecule is Clc1cc2c(cc1CN1CC[C@H](N3CCCC3)C1)OCO2. The van der Waals surface area contributed by atoms with E-state index in [0.717, 1.165) is 47.8 Å². The topological polar surface area (TPSA) is 24.9 Å². The highest BCUT2D eigenvalue weighted by molar-refractivity contribution is 6.31. The van der Waals surface area contributed by atoms with Crippen molar-refractivity contribution in [2.24, 2.45) is 0 Å². The minimum atomic E-state index is 0.301. The zero-order valence-electron chi connectivity index (χ0n) is 12.2. The zero-order valence-corrected chi connectivity index (χ0v) is 12.9. The van der Waals surface area contributed by atoms with Gasteiger partial charge in [0.25, 0.3) is 0 Å². The summed E-state index contributed by atoms with van der Waals surface area (Å²) in [5.74, 6) is 1.59. The summed E-state index contributed by atoms with van der Waals surface area (Å²) in [6, 6.07) is 4.65. The summed E-state index contributed by atoms with van der Waals surface area (Å²) < 4.78 is 10.8. The number of benzene rings is 1. The number of halogens is 1. The number of fused-ring (bicyclic) bond motifs is 1. The third-order valence-electron chi connectivity index (χ3n) is 4.84. The molecule has 1 aromatic carbocycles. The molecule has 3 aliphatic rings. The molecule has 0 amide bonds. The summed E-state index contributed by atoms with van der Waals surface area (Å²) >= 11 is 6.38. The molecule has 114 valence electrons. The second kappa shape index (κ2) is 5.67. The van der Waals surface area contributed by atoms with Gasteiger partial charge < -0.3 is 9.47 Å². The Bertz CT molecular complexity index is 531. The predicted molar refractivity (Wildman–Crippen MR) is 82.1 cm³/mol. The van der Waals surface area contributed by atoms with Crippen molar-refractivity contribution in [3.05, 3.63) is 22.7 Å². The van der Waals surface area contributed by atoms with Crippen molar-refractivity contribution < 1.29 is 9.47 Å². The van der Waals surface area contributed by atoms with Crippen LogP contribution in [-0.2, 0) is 6.54 Å². The minimum absolute atomic E-state index is 0.301. The molecule has 0 saturated carbocycles. The first-order valence-corrected chi connectivity index (χ1v) is 8.22. The van der Waals surface area contributed by atoms with Crippen LogP contribution in [0.15, 0.2) is 12.1 Å². The van der Waals surface area contributed by atoms with Crippen LogP contribution in [0, 0.1) is 0 Å². The van der Waals surface area contributed by atoms with Crippen LogP contribution in [0.1, 0.15) is 24.8 Å². The number of rotatable bonds is 3. The van der Waals surface area contributed by atoms with Crippen molar-refractivity contribution in [2.75, 3.05) is 33.0 Å². The molecule has 2 saturated heterocycles. The lowest BCUT2D eigenvalue weighted by Gasteiger charge is -2.24. The second-order valence-corrected chi connectivity index (χ2v) is 6.62. The maximum absolute atomic E-state index is 6.38. The molecule has 3 aliphatic heterocycles. The van der Waals surface area contributed by atoms with Gasteiger partial charge in [-0.3, -0.25) is 9.80 Å². The Balaban J connectivity index is 1.42. The smallest absolute Gasteiger partial charge is 0.231 e. The number of ether oxygens (including phenoxy) is 2. The number of likely N-dealkylation sites (tertiary alicyclic amines) is 2. The summed E-state index contributed by atoms with van der Waals surface area (Å²) in [6.45, 7) is 6.08. The average molecular weight is 309 g/mol. The van der Waals surface area contributed by atoms with Crippen LogP contribution >= 0.6 is 11.6 Å². The van der Waals surface area contributed by atoms with E-state index in [-0.39, 0.29) is 0 Å². The Labute approximate surface area is 130 Å². The van der Waals surface area contributed by atoms with E-state index >= 15 is 0 Å². The first-order valence-electron chi connectivity index (χ1n) is 7.84. The molecule has 2 fully saturated rings. The maximum atomic E-state index is 6.38. The third-order valence-corrected chi connectivity index (χ3v) is 5.19. The quantitative estimate of drug-likeness (QED) is 0.857. The molecule has 5 heteroatoms. The molecule has 0 unspecified atom stereocenters. The summed E-state index contributed by atoms with van der Waals surface area (Å²) in [5, 5.41) is 0.781. The Morgan fingerprint density at radius 1 is 1.10 bits per heavy atom. The van der Waals surface area contributed by atoms with E-state index in [1.807, 2.05) is 12.1 Å². The highest BCUT2D eigenvalue weighted by Gasteiger charge is 2.29. The number of hydrogen-bond acceptors (Lipinski definition) is 4. The van der Waals surface area contributed by atoms with Crippen LogP contribution < -0.4 is 9.47 Å². The molecule has 1 aromatic rings. The number of nitrogens with zero attached hydrogens (tertiary/aromatic N) is 2. The fraction of sp³-hybridized carbons (Fsp3) is 0.625. The predicted octanol–water partition coefficient (Wildman–Crippen LogP) is 2.74. The van der Waals surface area contributed by atoms with E-state index in [0.29, 0.717) is 6.79 Å². The Hall–Kier alpha value is -0.970. The second-order valence-electron chi connectivity index (χ2n) is 6.22. The lowest BCUT2D eigenvalue weighted by molar-refractivity contribution is 0.174. The van der Waals surface area contributed by atoms with Crippen molar-refractivity contribution >= 4 is 11.6 Å². The molecular formula is C16H21ClN2O2. The fourth-order valence-corrected chi connectivity index (χ4v) is 3.90.